The third kappa shape index (κ3) is 6.30. The van der Waals surface area contributed by atoms with Crippen LogP contribution in [-0.2, 0) is 17.6 Å². The molecule has 0 unspecified atom stereocenters. The van der Waals surface area contributed by atoms with E-state index in [1.807, 2.05) is 30.5 Å². The summed E-state index contributed by atoms with van der Waals surface area (Å²) >= 11 is 0. The number of halogens is 2. The maximum Gasteiger partial charge on any atom is 0.227 e. The number of benzene rings is 3. The number of piperazine rings is 1. The Morgan fingerprint density at radius 2 is 1.66 bits per heavy atom. The van der Waals surface area contributed by atoms with Gasteiger partial charge in [0, 0.05) is 69.7 Å². The molecule has 1 atom stereocenters. The van der Waals surface area contributed by atoms with Crippen molar-refractivity contribution in [3.05, 3.63) is 107 Å². The monoisotopic (exact) mass is 555 g/mol. The molecule has 0 spiro atoms. The van der Waals surface area contributed by atoms with Crippen LogP contribution in [0.4, 0.5) is 20.4 Å². The summed E-state index contributed by atoms with van der Waals surface area (Å²) in [7, 11) is 1.76. The second-order valence-electron chi connectivity index (χ2n) is 10.8. The quantitative estimate of drug-likeness (QED) is 0.288. The first-order valence-electron chi connectivity index (χ1n) is 14.3. The fourth-order valence-electron chi connectivity index (χ4n) is 5.85. The van der Waals surface area contributed by atoms with Crippen molar-refractivity contribution in [3.63, 3.8) is 0 Å². The number of nitrogens with one attached hydrogen (secondary N) is 1. The number of aromatic nitrogens is 2. The van der Waals surface area contributed by atoms with E-state index in [1.54, 1.807) is 13.2 Å². The van der Waals surface area contributed by atoms with Crippen LogP contribution < -0.4 is 5.32 Å². The molecule has 3 aromatic carbocycles. The van der Waals surface area contributed by atoms with Gasteiger partial charge in [-0.25, -0.2) is 18.7 Å². The first-order valence-corrected chi connectivity index (χ1v) is 14.3. The van der Waals surface area contributed by atoms with Crippen molar-refractivity contribution >= 4 is 11.6 Å². The number of anilines is 2. The van der Waals surface area contributed by atoms with Crippen LogP contribution in [0.3, 0.4) is 0 Å². The Balaban J connectivity index is 1.10. The van der Waals surface area contributed by atoms with Gasteiger partial charge < -0.3 is 15.0 Å². The lowest BCUT2D eigenvalue weighted by Crippen LogP contribution is -2.47. The smallest absolute Gasteiger partial charge is 0.227 e. The van der Waals surface area contributed by atoms with Crippen molar-refractivity contribution in [1.29, 1.82) is 0 Å². The molecule has 1 saturated heterocycles. The molecule has 1 aromatic heterocycles. The average molecular weight is 556 g/mol. The van der Waals surface area contributed by atoms with Gasteiger partial charge in [0.15, 0.2) is 11.6 Å². The SMILES string of the molecule is COCCN1CCN(CCc2ccc(Nc3ncc4c(n3)-c3ccccc3[C@H](c3ccc(F)c(F)c3)C4)cc2)CC1. The largest absolute Gasteiger partial charge is 0.383 e. The molecule has 6 rings (SSSR count). The van der Waals surface area contributed by atoms with Crippen LogP contribution >= 0.6 is 0 Å². The van der Waals surface area contributed by atoms with Gasteiger partial charge in [-0.2, -0.15) is 0 Å². The molecule has 1 aliphatic carbocycles. The lowest BCUT2D eigenvalue weighted by molar-refractivity contribution is 0.0976. The van der Waals surface area contributed by atoms with Gasteiger partial charge in [0.1, 0.15) is 0 Å². The third-order valence-corrected chi connectivity index (χ3v) is 8.23. The zero-order valence-corrected chi connectivity index (χ0v) is 23.3. The summed E-state index contributed by atoms with van der Waals surface area (Å²) in [6.07, 6.45) is 3.48. The first-order chi connectivity index (χ1) is 20.1. The topological polar surface area (TPSA) is 53.5 Å². The van der Waals surface area contributed by atoms with Gasteiger partial charge in [-0.3, -0.25) is 4.90 Å². The fourth-order valence-corrected chi connectivity index (χ4v) is 5.85. The van der Waals surface area contributed by atoms with Gasteiger partial charge in [0.2, 0.25) is 5.95 Å². The molecule has 6 nitrogen and oxygen atoms in total. The van der Waals surface area contributed by atoms with E-state index in [-0.39, 0.29) is 5.92 Å². The van der Waals surface area contributed by atoms with Crippen LogP contribution in [0.5, 0.6) is 0 Å². The van der Waals surface area contributed by atoms with E-state index in [2.05, 4.69) is 44.4 Å². The number of rotatable bonds is 9. The van der Waals surface area contributed by atoms with E-state index < -0.39 is 11.6 Å². The second-order valence-corrected chi connectivity index (χ2v) is 10.8. The molecule has 0 radical (unpaired) electrons. The lowest BCUT2D eigenvalue weighted by atomic mass is 9.78. The molecule has 1 fully saturated rings. The predicted octanol–water partition coefficient (Wildman–Crippen LogP) is 5.66. The summed E-state index contributed by atoms with van der Waals surface area (Å²) in [6.45, 7) is 7.27. The summed E-state index contributed by atoms with van der Waals surface area (Å²) in [5.74, 6) is -1.23. The summed E-state index contributed by atoms with van der Waals surface area (Å²) in [6, 6.07) is 20.7. The fraction of sp³-hybridized carbons (Fsp3) is 0.333. The Kier molecular flexibility index (Phi) is 8.32. The maximum absolute atomic E-state index is 14.1. The molecule has 8 heteroatoms. The predicted molar refractivity (Wildman–Crippen MR) is 158 cm³/mol. The lowest BCUT2D eigenvalue weighted by Gasteiger charge is -2.34. The third-order valence-electron chi connectivity index (χ3n) is 8.23. The molecular weight excluding hydrogens is 520 g/mol. The molecule has 41 heavy (non-hydrogen) atoms. The van der Waals surface area contributed by atoms with Gasteiger partial charge in [0.05, 0.1) is 12.3 Å². The zero-order chi connectivity index (χ0) is 28.2. The Hall–Kier alpha value is -3.72. The first kappa shape index (κ1) is 27.4. The van der Waals surface area contributed by atoms with E-state index in [9.17, 15) is 8.78 Å². The summed E-state index contributed by atoms with van der Waals surface area (Å²) in [4.78, 5) is 14.5. The summed E-state index contributed by atoms with van der Waals surface area (Å²) in [5.41, 5.74) is 6.88. The highest BCUT2D eigenvalue weighted by Crippen LogP contribution is 2.42. The highest BCUT2D eigenvalue weighted by atomic mass is 19.2. The molecule has 0 amide bonds. The standard InChI is InChI=1S/C33H35F2N5O/c1-41-19-18-40-16-14-39(15-17-40)13-12-23-6-9-26(10-7-23)37-33-36-22-25-20-29(24-8-11-30(34)31(35)21-24)27-4-2-3-5-28(27)32(25)38-33/h2-11,21-22,29H,12-20H2,1H3,(H,36,37,38)/t29-/m0/s1. The number of hydrogen-bond donors (Lipinski definition) is 1. The van der Waals surface area contributed by atoms with Gasteiger partial charge in [-0.1, -0.05) is 42.5 Å². The molecular formula is C33H35F2N5O. The molecule has 212 valence electrons. The number of ether oxygens (including phenoxy) is 1. The minimum Gasteiger partial charge on any atom is -0.383 e. The minimum absolute atomic E-state index is 0.0942. The number of hydrogen-bond acceptors (Lipinski definition) is 6. The van der Waals surface area contributed by atoms with Gasteiger partial charge in [0.25, 0.3) is 0 Å². The van der Waals surface area contributed by atoms with E-state index in [0.29, 0.717) is 12.4 Å². The van der Waals surface area contributed by atoms with Crippen molar-refractivity contribution in [2.45, 2.75) is 18.8 Å². The van der Waals surface area contributed by atoms with Crippen molar-refractivity contribution < 1.29 is 13.5 Å². The van der Waals surface area contributed by atoms with Crippen molar-refractivity contribution in [1.82, 2.24) is 19.8 Å². The van der Waals surface area contributed by atoms with E-state index in [1.165, 1.54) is 17.7 Å². The molecule has 2 aliphatic rings. The summed E-state index contributed by atoms with van der Waals surface area (Å²) in [5, 5.41) is 3.36. The van der Waals surface area contributed by atoms with Crippen LogP contribution in [0.2, 0.25) is 0 Å². The van der Waals surface area contributed by atoms with Crippen LogP contribution in [0.1, 0.15) is 28.2 Å². The molecule has 2 heterocycles. The Morgan fingerprint density at radius 3 is 2.41 bits per heavy atom. The number of methoxy groups -OCH3 is 1. The number of fused-ring (bicyclic) bond motifs is 3. The number of nitrogens with zero attached hydrogens (tertiary/aromatic N) is 4. The highest BCUT2D eigenvalue weighted by Gasteiger charge is 2.28. The zero-order valence-electron chi connectivity index (χ0n) is 23.3. The van der Waals surface area contributed by atoms with Crippen LogP contribution in [0.25, 0.3) is 11.3 Å². The van der Waals surface area contributed by atoms with Gasteiger partial charge in [-0.15, -0.1) is 0 Å². The molecule has 4 aromatic rings. The van der Waals surface area contributed by atoms with Gasteiger partial charge in [-0.05, 0) is 59.4 Å². The highest BCUT2D eigenvalue weighted by molar-refractivity contribution is 5.73. The van der Waals surface area contributed by atoms with Crippen molar-refractivity contribution in [3.8, 4) is 11.3 Å². The van der Waals surface area contributed by atoms with Crippen LogP contribution in [0, 0.1) is 11.6 Å². The van der Waals surface area contributed by atoms with Crippen LogP contribution in [0.15, 0.2) is 72.9 Å². The Bertz CT molecular complexity index is 1490. The van der Waals surface area contributed by atoms with Crippen LogP contribution in [-0.4, -0.2) is 72.8 Å². The van der Waals surface area contributed by atoms with E-state index >= 15 is 0 Å². The normalized spacial score (nSPS) is 17.2. The molecule has 1 N–H and O–H groups in total. The summed E-state index contributed by atoms with van der Waals surface area (Å²) < 4.78 is 32.8. The van der Waals surface area contributed by atoms with Crippen molar-refractivity contribution in [2.75, 3.05) is 58.3 Å². The van der Waals surface area contributed by atoms with Crippen molar-refractivity contribution in [2.24, 2.45) is 0 Å². The maximum atomic E-state index is 14.1. The van der Waals surface area contributed by atoms with Gasteiger partial charge >= 0.3 is 0 Å². The van der Waals surface area contributed by atoms with E-state index in [4.69, 9.17) is 9.72 Å². The van der Waals surface area contributed by atoms with E-state index in [0.717, 1.165) is 85.9 Å². The molecule has 0 saturated carbocycles. The second kappa shape index (κ2) is 12.4. The molecule has 0 bridgehead atoms. The Morgan fingerprint density at radius 1 is 0.902 bits per heavy atom. The minimum atomic E-state index is -0.835. The Labute approximate surface area is 240 Å². The average Bonchev–Trinajstić information content (AvgIpc) is 3.01. The molecule has 1 aliphatic heterocycles.